The molecule has 0 aliphatic heterocycles. The molecule has 0 aromatic heterocycles. The van der Waals surface area contributed by atoms with E-state index in [0.717, 1.165) is 0 Å². The Kier molecular flexibility index (Phi) is 16.9. The van der Waals surface area contributed by atoms with Gasteiger partial charge in [-0.25, -0.2) is 0 Å². The van der Waals surface area contributed by atoms with Crippen molar-refractivity contribution in [2.45, 2.75) is 0 Å². The molecule has 0 fully saturated rings. The molecule has 0 heterocycles. The summed E-state index contributed by atoms with van der Waals surface area (Å²) in [5, 5.41) is 0. The fourth-order valence-corrected chi connectivity index (χ4v) is 0. The first-order chi connectivity index (χ1) is 4.00. The monoisotopic (exact) mass is 464 g/mol. The molecule has 0 radical (unpaired) electrons. The van der Waals surface area contributed by atoms with Gasteiger partial charge in [0.2, 0.25) is 0 Å². The van der Waals surface area contributed by atoms with E-state index >= 15 is 0 Å². The molecule has 0 saturated carbocycles. The molecule has 8 nitrogen and oxygen atoms in total. The molecule has 0 amide bonds. The summed E-state index contributed by atoms with van der Waals surface area (Å²) in [6.07, 6.45) is 0. The molecule has 0 spiro atoms. The molecule has 0 bridgehead atoms. The van der Waals surface area contributed by atoms with Gasteiger partial charge in [0, 0.05) is 17.1 Å². The largest absolute Gasteiger partial charge is 0 e. The van der Waals surface area contributed by atoms with Crippen LogP contribution in [0.2, 0.25) is 0 Å². The molecule has 4 N–H and O–H groups in total. The summed E-state index contributed by atoms with van der Waals surface area (Å²) in [6, 6.07) is 0. The van der Waals surface area contributed by atoms with Crippen molar-refractivity contribution in [1.82, 2.24) is 0 Å². The van der Waals surface area contributed by atoms with E-state index in [9.17, 15) is 0 Å². The Bertz CT molecular complexity index is 213. The van der Waals surface area contributed by atoms with Gasteiger partial charge in [-0.15, -0.1) is 0 Å². The first-order valence-electron chi connectivity index (χ1n) is 1.40. The van der Waals surface area contributed by atoms with Gasteiger partial charge >= 0.3 is 47.0 Å². The maximum Gasteiger partial charge on any atom is 0 e. The van der Waals surface area contributed by atoms with Crippen LogP contribution in [-0.4, -0.2) is 61.3 Å². The van der Waals surface area contributed by atoms with Gasteiger partial charge in [0.15, 0.2) is 0 Å². The van der Waals surface area contributed by atoms with Crippen molar-refractivity contribution in [3.63, 3.8) is 0 Å². The van der Waals surface area contributed by atoms with E-state index in [1.165, 1.54) is 0 Å². The van der Waals surface area contributed by atoms with Gasteiger partial charge in [-0.3, -0.25) is 18.2 Å². The summed E-state index contributed by atoms with van der Waals surface area (Å²) < 4.78 is 63.2. The first-order valence-corrected chi connectivity index (χ1v) is 4.19. The molecule has 0 aromatic carbocycles. The van der Waals surface area contributed by atoms with Gasteiger partial charge in [0.1, 0.15) is 0 Å². The summed E-state index contributed by atoms with van der Waals surface area (Å²) in [4.78, 5) is 0. The molecule has 12 heteroatoms. The molecule has 0 unspecified atom stereocenters. The topological polar surface area (TPSA) is 149 Å². The number of rotatable bonds is 0. The van der Waals surface area contributed by atoms with Gasteiger partial charge < -0.3 is 0 Å². The second-order valence-electron chi connectivity index (χ2n) is 0.896. The van der Waals surface area contributed by atoms with E-state index < -0.39 is 20.8 Å². The van der Waals surface area contributed by atoms with Gasteiger partial charge in [0.05, 0.1) is 0 Å². The normalized spacial score (nSPS) is 9.67. The maximum atomic E-state index is 8.74. The van der Waals surface area contributed by atoms with E-state index in [4.69, 9.17) is 35.0 Å². The summed E-state index contributed by atoms with van der Waals surface area (Å²) in [6.45, 7) is 0. The molecule has 0 saturated heterocycles. The Morgan fingerprint density at radius 1 is 0.667 bits per heavy atom. The predicted molar refractivity (Wildman–Crippen MR) is 38.3 cm³/mol. The minimum absolute atomic E-state index is 0. The quantitative estimate of drug-likeness (QED) is 0.227. The third-order valence-electron chi connectivity index (χ3n) is 0. The predicted octanol–water partition coefficient (Wildman–Crippen LogP) is -2.49. The van der Waals surface area contributed by atoms with Crippen molar-refractivity contribution in [2.24, 2.45) is 0 Å². The Morgan fingerprint density at radius 2 is 0.667 bits per heavy atom. The van der Waals surface area contributed by atoms with Crippen molar-refractivity contribution in [3.8, 4) is 0 Å². The Morgan fingerprint density at radius 3 is 0.667 bits per heavy atom. The van der Waals surface area contributed by atoms with Crippen LogP contribution in [0, 0.1) is 0 Å². The van der Waals surface area contributed by atoms with Crippen molar-refractivity contribution < 1.29 is 52.1 Å². The average molecular weight is 464 g/mol. The van der Waals surface area contributed by atoms with E-state index in [1.807, 2.05) is 0 Å². The average Bonchev–Trinajstić information content (AvgIpc) is 1.12. The van der Waals surface area contributed by atoms with Crippen molar-refractivity contribution in [1.29, 1.82) is 0 Å². The van der Waals surface area contributed by atoms with E-state index in [2.05, 4.69) is 0 Å². The van der Waals surface area contributed by atoms with E-state index in [-0.39, 0.29) is 43.3 Å². The molecular weight excluding hydrogens is 457 g/mol. The Hall–Kier alpha value is 1.14. The molecule has 80 valence electrons. The molecule has 12 heavy (non-hydrogen) atoms. The first kappa shape index (κ1) is 23.2. The molecule has 0 aromatic rings. The van der Waals surface area contributed by atoms with Crippen LogP contribution in [0.25, 0.3) is 0 Å². The van der Waals surface area contributed by atoms with Gasteiger partial charge in [-0.2, -0.15) is 16.8 Å². The fraction of sp³-hybridized carbons (Fsp3) is 0. The number of hydrogen-bond acceptors (Lipinski definition) is 4. The molecule has 0 atom stereocenters. The zero-order chi connectivity index (χ0) is 9.00. The summed E-state index contributed by atoms with van der Waals surface area (Å²) >= 11 is 0. The molecule has 0 rings (SSSR count). The van der Waals surface area contributed by atoms with Crippen LogP contribution in [0.3, 0.4) is 0 Å². The zero-order valence-corrected chi connectivity index (χ0v) is 13.5. The zero-order valence-electron chi connectivity index (χ0n) is 5.30. The van der Waals surface area contributed by atoms with Crippen LogP contribution < -0.4 is 0 Å². The van der Waals surface area contributed by atoms with Gasteiger partial charge in [-0.1, -0.05) is 0 Å². The fourth-order valence-electron chi connectivity index (χ4n) is 0. The second-order valence-corrected chi connectivity index (χ2v) is 2.69. The molecule has 0 aliphatic rings. The summed E-state index contributed by atoms with van der Waals surface area (Å²) in [5.41, 5.74) is 0. The van der Waals surface area contributed by atoms with Crippen LogP contribution >= 0.6 is 0 Å². The van der Waals surface area contributed by atoms with Crippen LogP contribution in [0.4, 0.5) is 0 Å². The summed E-state index contributed by atoms with van der Waals surface area (Å²) in [7, 11) is -9.33. The molecule has 0 aliphatic carbocycles. The third kappa shape index (κ3) is 878. The standard InChI is InChI=1S/Bi.Fe.2H2O4S.3H/c;;2*1-5(2,3)4;;;/h;;2*(H2,1,2,3,4);;;. The second kappa shape index (κ2) is 8.73. The van der Waals surface area contributed by atoms with Crippen LogP contribution in [-0.2, 0) is 37.9 Å². The van der Waals surface area contributed by atoms with E-state index in [1.54, 1.807) is 0 Å². The maximum absolute atomic E-state index is 8.74. The van der Waals surface area contributed by atoms with E-state index in [0.29, 0.717) is 0 Å². The van der Waals surface area contributed by atoms with Crippen LogP contribution in [0.15, 0.2) is 0 Å². The summed E-state index contributed by atoms with van der Waals surface area (Å²) in [5.74, 6) is 0. The van der Waals surface area contributed by atoms with Gasteiger partial charge in [0.25, 0.3) is 0 Å². The minimum atomic E-state index is -4.67. The molecular formula is H7BiFeO8S2. The Balaban J connectivity index is -0.0000000457. The Labute approximate surface area is 98.5 Å². The van der Waals surface area contributed by atoms with Crippen molar-refractivity contribution in [3.05, 3.63) is 0 Å². The van der Waals surface area contributed by atoms with Crippen molar-refractivity contribution >= 4 is 47.0 Å². The van der Waals surface area contributed by atoms with Crippen LogP contribution in [0.5, 0.6) is 0 Å². The SMILES string of the molecule is O=S(=O)(O)O.O=S(=O)(O)O.[BiH3].[Fe]. The van der Waals surface area contributed by atoms with Crippen molar-refractivity contribution in [2.75, 3.05) is 0 Å². The van der Waals surface area contributed by atoms with Crippen LogP contribution in [0.1, 0.15) is 0 Å². The number of hydrogen-bond donors (Lipinski definition) is 4. The smallest absolute Gasteiger partial charge is 0 e. The minimum Gasteiger partial charge on any atom is 0 e. The third-order valence-corrected chi connectivity index (χ3v) is 0. The van der Waals surface area contributed by atoms with Gasteiger partial charge in [-0.05, 0) is 0 Å².